The normalized spacial score (nSPS) is 11.6. The van der Waals surface area contributed by atoms with Crippen LogP contribution in [0.4, 0.5) is 4.79 Å². The van der Waals surface area contributed by atoms with E-state index in [0.29, 0.717) is 6.42 Å². The Hall–Kier alpha value is -2.48. The number of carbonyl (C=O) groups is 2. The van der Waals surface area contributed by atoms with Crippen LogP contribution in [0.1, 0.15) is 26.3 Å². The maximum atomic E-state index is 11.9. The van der Waals surface area contributed by atoms with E-state index in [4.69, 9.17) is 4.74 Å². The molecule has 0 fully saturated rings. The number of ether oxygens (including phenoxy) is 2. The summed E-state index contributed by atoms with van der Waals surface area (Å²) in [6.07, 6.45) is -0.114. The molecule has 118 valence electrons. The van der Waals surface area contributed by atoms with Crippen LogP contribution >= 0.6 is 0 Å². The van der Waals surface area contributed by atoms with Crippen LogP contribution in [0.3, 0.4) is 0 Å². The van der Waals surface area contributed by atoms with Crippen molar-refractivity contribution in [2.24, 2.45) is 0 Å². The van der Waals surface area contributed by atoms with E-state index in [-0.39, 0.29) is 0 Å². The summed E-state index contributed by atoms with van der Waals surface area (Å²) in [5.74, 6) is 4.39. The zero-order valence-corrected chi connectivity index (χ0v) is 13.3. The van der Waals surface area contributed by atoms with Gasteiger partial charge in [-0.1, -0.05) is 36.3 Å². The van der Waals surface area contributed by atoms with Crippen LogP contribution in [-0.2, 0) is 20.7 Å². The van der Waals surface area contributed by atoms with E-state index < -0.39 is 23.7 Å². The Morgan fingerprint density at radius 1 is 1.23 bits per heavy atom. The van der Waals surface area contributed by atoms with Crippen LogP contribution in [0.25, 0.3) is 0 Å². The molecular formula is C17H21NO4. The lowest BCUT2D eigenvalue weighted by Crippen LogP contribution is -2.39. The Morgan fingerprint density at radius 3 is 2.41 bits per heavy atom. The van der Waals surface area contributed by atoms with Gasteiger partial charge in [0.15, 0.2) is 0 Å². The van der Waals surface area contributed by atoms with Crippen LogP contribution < -0.4 is 5.32 Å². The number of esters is 1. The number of rotatable bonds is 3. The van der Waals surface area contributed by atoms with Crippen molar-refractivity contribution >= 4 is 12.1 Å². The number of methoxy groups -OCH3 is 1. The number of hydrogen-bond acceptors (Lipinski definition) is 4. The second kappa shape index (κ2) is 8.08. The zero-order valence-electron chi connectivity index (χ0n) is 13.3. The van der Waals surface area contributed by atoms with Gasteiger partial charge in [-0.2, -0.15) is 0 Å². The molecule has 1 aromatic carbocycles. The van der Waals surface area contributed by atoms with E-state index in [1.54, 1.807) is 20.8 Å². The van der Waals surface area contributed by atoms with E-state index in [9.17, 15) is 9.59 Å². The maximum absolute atomic E-state index is 11.9. The molecule has 0 saturated carbocycles. The highest BCUT2D eigenvalue weighted by Gasteiger charge is 2.19. The van der Waals surface area contributed by atoms with E-state index in [1.165, 1.54) is 7.11 Å². The SMILES string of the molecule is COC(=O)C#CC(Cc1ccccc1)NC(=O)OC(C)(C)C. The van der Waals surface area contributed by atoms with Gasteiger partial charge in [-0.25, -0.2) is 9.59 Å². The molecule has 0 heterocycles. The molecule has 1 amide bonds. The summed E-state index contributed by atoms with van der Waals surface area (Å²) in [5, 5.41) is 2.66. The van der Waals surface area contributed by atoms with Gasteiger partial charge in [-0.05, 0) is 26.3 Å². The Balaban J connectivity index is 2.79. The van der Waals surface area contributed by atoms with Crippen molar-refractivity contribution in [1.29, 1.82) is 0 Å². The molecule has 0 saturated heterocycles. The fourth-order valence-electron chi connectivity index (χ4n) is 1.63. The number of alkyl carbamates (subject to hydrolysis) is 1. The molecule has 5 nitrogen and oxygen atoms in total. The largest absolute Gasteiger partial charge is 0.459 e. The standard InChI is InChI=1S/C17H21NO4/c1-17(2,3)22-16(20)18-14(10-11-15(19)21-4)12-13-8-6-5-7-9-13/h5-9,14H,12H2,1-4H3,(H,18,20). The molecule has 5 heteroatoms. The number of benzene rings is 1. The van der Waals surface area contributed by atoms with Gasteiger partial charge in [0.25, 0.3) is 0 Å². The first-order chi connectivity index (χ1) is 10.3. The van der Waals surface area contributed by atoms with E-state index in [1.807, 2.05) is 30.3 Å². The average molecular weight is 303 g/mol. The van der Waals surface area contributed by atoms with Crippen LogP contribution in [0.5, 0.6) is 0 Å². The molecule has 1 N–H and O–H groups in total. The van der Waals surface area contributed by atoms with Gasteiger partial charge in [0.1, 0.15) is 5.60 Å². The van der Waals surface area contributed by atoms with Crippen molar-refractivity contribution in [3.05, 3.63) is 35.9 Å². The van der Waals surface area contributed by atoms with E-state index >= 15 is 0 Å². The van der Waals surface area contributed by atoms with Gasteiger partial charge in [0.05, 0.1) is 13.2 Å². The first kappa shape index (κ1) is 17.6. The minimum absolute atomic E-state index is 0.462. The Morgan fingerprint density at radius 2 is 1.86 bits per heavy atom. The summed E-state index contributed by atoms with van der Waals surface area (Å²) in [7, 11) is 1.25. The van der Waals surface area contributed by atoms with Gasteiger partial charge in [0, 0.05) is 12.3 Å². The Bertz CT molecular complexity index is 564. The highest BCUT2D eigenvalue weighted by molar-refractivity contribution is 5.88. The van der Waals surface area contributed by atoms with Gasteiger partial charge in [-0.3, -0.25) is 0 Å². The quantitative estimate of drug-likeness (QED) is 0.528. The monoisotopic (exact) mass is 303 g/mol. The highest BCUT2D eigenvalue weighted by atomic mass is 16.6. The summed E-state index contributed by atoms with van der Waals surface area (Å²) in [5.41, 5.74) is 0.389. The first-order valence-corrected chi connectivity index (χ1v) is 6.93. The summed E-state index contributed by atoms with van der Waals surface area (Å²) < 4.78 is 9.68. The molecule has 1 unspecified atom stereocenters. The van der Waals surface area contributed by atoms with Gasteiger partial charge in [-0.15, -0.1) is 0 Å². The van der Waals surface area contributed by atoms with Crippen molar-refractivity contribution in [2.45, 2.75) is 38.8 Å². The zero-order chi connectivity index (χ0) is 16.6. The van der Waals surface area contributed by atoms with Crippen molar-refractivity contribution in [3.8, 4) is 11.8 Å². The fourth-order valence-corrected chi connectivity index (χ4v) is 1.63. The molecule has 0 aliphatic rings. The molecular weight excluding hydrogens is 282 g/mol. The fraction of sp³-hybridized carbons (Fsp3) is 0.412. The van der Waals surface area contributed by atoms with Crippen LogP contribution in [0.2, 0.25) is 0 Å². The van der Waals surface area contributed by atoms with Crippen molar-refractivity contribution in [3.63, 3.8) is 0 Å². The van der Waals surface area contributed by atoms with E-state index in [0.717, 1.165) is 5.56 Å². The number of nitrogens with one attached hydrogen (secondary N) is 1. The predicted octanol–water partition coefficient (Wildman–Crippen LogP) is 2.30. The minimum atomic E-state index is -0.649. The molecule has 1 atom stereocenters. The molecule has 0 aliphatic carbocycles. The third-order valence-corrected chi connectivity index (χ3v) is 2.51. The predicted molar refractivity (Wildman–Crippen MR) is 83.1 cm³/mol. The topological polar surface area (TPSA) is 64.6 Å². The molecule has 1 rings (SSSR count). The second-order valence-corrected chi connectivity index (χ2v) is 5.65. The number of hydrogen-bond donors (Lipinski definition) is 1. The van der Waals surface area contributed by atoms with E-state index in [2.05, 4.69) is 21.9 Å². The van der Waals surface area contributed by atoms with Crippen LogP contribution in [-0.4, -0.2) is 30.8 Å². The van der Waals surface area contributed by atoms with Gasteiger partial charge >= 0.3 is 12.1 Å². The average Bonchev–Trinajstić information content (AvgIpc) is 2.43. The molecule has 1 aromatic rings. The second-order valence-electron chi connectivity index (χ2n) is 5.65. The molecule has 0 aliphatic heterocycles. The van der Waals surface area contributed by atoms with Crippen molar-refractivity contribution in [1.82, 2.24) is 5.32 Å². The molecule has 0 spiro atoms. The lowest BCUT2D eigenvalue weighted by atomic mass is 10.1. The van der Waals surface area contributed by atoms with Crippen molar-refractivity contribution < 1.29 is 19.1 Å². The summed E-state index contributed by atoms with van der Waals surface area (Å²) in [6, 6.07) is 8.99. The summed E-state index contributed by atoms with van der Waals surface area (Å²) >= 11 is 0. The van der Waals surface area contributed by atoms with Gasteiger partial charge < -0.3 is 14.8 Å². The van der Waals surface area contributed by atoms with Crippen molar-refractivity contribution in [2.75, 3.05) is 7.11 Å². The number of carbonyl (C=O) groups excluding carboxylic acids is 2. The third kappa shape index (κ3) is 7.34. The lowest BCUT2D eigenvalue weighted by molar-refractivity contribution is -0.133. The molecule has 0 radical (unpaired) electrons. The van der Waals surface area contributed by atoms with Crippen LogP contribution in [0.15, 0.2) is 30.3 Å². The lowest BCUT2D eigenvalue weighted by Gasteiger charge is -2.21. The maximum Gasteiger partial charge on any atom is 0.408 e. The van der Waals surface area contributed by atoms with Gasteiger partial charge in [0.2, 0.25) is 0 Å². The Kier molecular flexibility index (Phi) is 6.46. The summed E-state index contributed by atoms with van der Waals surface area (Å²) in [6.45, 7) is 5.33. The minimum Gasteiger partial charge on any atom is -0.459 e. The Labute approximate surface area is 131 Å². The smallest absolute Gasteiger partial charge is 0.408 e. The molecule has 22 heavy (non-hydrogen) atoms. The number of amides is 1. The van der Waals surface area contributed by atoms with Crippen LogP contribution in [0, 0.1) is 11.8 Å². The molecule has 0 bridgehead atoms. The summed E-state index contributed by atoms with van der Waals surface area (Å²) in [4.78, 5) is 23.0. The first-order valence-electron chi connectivity index (χ1n) is 6.93. The molecule has 0 aromatic heterocycles. The highest BCUT2D eigenvalue weighted by Crippen LogP contribution is 2.08. The third-order valence-electron chi connectivity index (χ3n) is 2.51.